The van der Waals surface area contributed by atoms with Crippen molar-refractivity contribution in [2.45, 2.75) is 32.8 Å². The number of benzene rings is 1. The number of carbonyl (C=O) groups is 2. The first-order chi connectivity index (χ1) is 17.1. The summed E-state index contributed by atoms with van der Waals surface area (Å²) >= 11 is 0. The summed E-state index contributed by atoms with van der Waals surface area (Å²) in [5.41, 5.74) is 2.17. The lowest BCUT2D eigenvalue weighted by molar-refractivity contribution is 0.0516. The zero-order valence-electron chi connectivity index (χ0n) is 20.8. The van der Waals surface area contributed by atoms with Crippen LogP contribution in [-0.4, -0.2) is 58.7 Å². The molecule has 5 rings (SSSR count). The highest BCUT2D eigenvalue weighted by molar-refractivity contribution is 6.04. The number of nitrogens with one attached hydrogen (secondary N) is 2. The third kappa shape index (κ3) is 4.77. The number of pyridine rings is 1. The van der Waals surface area contributed by atoms with E-state index in [1.807, 2.05) is 26.8 Å². The largest absolute Gasteiger partial charge is 0.444 e. The smallest absolute Gasteiger partial charge is 0.407 e. The van der Waals surface area contributed by atoms with Gasteiger partial charge in [-0.25, -0.2) is 19.0 Å². The Balaban J connectivity index is 1.22. The summed E-state index contributed by atoms with van der Waals surface area (Å²) in [4.78, 5) is 33.2. The van der Waals surface area contributed by atoms with Gasteiger partial charge in [-0.2, -0.15) is 5.10 Å². The van der Waals surface area contributed by atoms with Gasteiger partial charge in [-0.1, -0.05) is 0 Å². The number of anilines is 3. The minimum Gasteiger partial charge on any atom is -0.444 e. The van der Waals surface area contributed by atoms with Crippen molar-refractivity contribution >= 4 is 40.2 Å². The van der Waals surface area contributed by atoms with Crippen molar-refractivity contribution < 1.29 is 18.7 Å². The van der Waals surface area contributed by atoms with Crippen molar-refractivity contribution in [2.75, 3.05) is 41.3 Å². The normalized spacial score (nSPS) is 15.6. The second kappa shape index (κ2) is 8.96. The molecule has 2 aliphatic rings. The van der Waals surface area contributed by atoms with Gasteiger partial charge in [0.2, 0.25) is 0 Å². The summed E-state index contributed by atoms with van der Waals surface area (Å²) in [7, 11) is 1.72. The van der Waals surface area contributed by atoms with Crippen LogP contribution >= 0.6 is 0 Å². The van der Waals surface area contributed by atoms with Crippen LogP contribution in [0.2, 0.25) is 0 Å². The highest BCUT2D eigenvalue weighted by Crippen LogP contribution is 2.37. The van der Waals surface area contributed by atoms with E-state index in [0.29, 0.717) is 42.3 Å². The van der Waals surface area contributed by atoms with Gasteiger partial charge in [0.05, 0.1) is 0 Å². The van der Waals surface area contributed by atoms with Gasteiger partial charge in [0.25, 0.3) is 0 Å². The molecule has 0 unspecified atom stereocenters. The molecule has 0 saturated carbocycles. The first kappa shape index (κ1) is 23.8. The van der Waals surface area contributed by atoms with Gasteiger partial charge in [-0.15, -0.1) is 0 Å². The molecule has 4 heterocycles. The van der Waals surface area contributed by atoms with Crippen molar-refractivity contribution in [2.24, 2.45) is 13.0 Å². The highest BCUT2D eigenvalue weighted by atomic mass is 19.1. The quantitative estimate of drug-likeness (QED) is 0.573. The van der Waals surface area contributed by atoms with Crippen LogP contribution in [0.15, 0.2) is 30.6 Å². The van der Waals surface area contributed by atoms with E-state index in [4.69, 9.17) is 4.74 Å². The third-order valence-electron chi connectivity index (χ3n) is 6.25. The maximum Gasteiger partial charge on any atom is 0.407 e. The van der Waals surface area contributed by atoms with Gasteiger partial charge in [-0.3, -0.25) is 9.58 Å². The Labute approximate surface area is 208 Å². The molecule has 1 fully saturated rings. The van der Waals surface area contributed by atoms with Gasteiger partial charge in [0, 0.05) is 73.9 Å². The molecule has 0 bridgehead atoms. The van der Waals surface area contributed by atoms with E-state index in [1.54, 1.807) is 30.4 Å². The molecule has 0 aliphatic carbocycles. The molecule has 10 nitrogen and oxygen atoms in total. The van der Waals surface area contributed by atoms with Crippen molar-refractivity contribution in [3.05, 3.63) is 42.0 Å². The van der Waals surface area contributed by atoms with E-state index in [9.17, 15) is 14.0 Å². The fraction of sp³-hybridized carbons (Fsp3) is 0.440. The third-order valence-corrected chi connectivity index (χ3v) is 6.25. The number of ether oxygens (including phenoxy) is 1. The molecule has 2 N–H and O–H groups in total. The molecular weight excluding hydrogens is 465 g/mol. The first-order valence-electron chi connectivity index (χ1n) is 12.0. The molecule has 1 aromatic carbocycles. The number of alkyl carbamates (subject to hydrolysis) is 1. The minimum atomic E-state index is -0.523. The summed E-state index contributed by atoms with van der Waals surface area (Å²) < 4.78 is 21.3. The highest BCUT2D eigenvalue weighted by Gasteiger charge is 2.34. The molecule has 2 aliphatic heterocycles. The van der Waals surface area contributed by atoms with Gasteiger partial charge < -0.3 is 20.3 Å². The molecular formula is C25H30FN7O3. The van der Waals surface area contributed by atoms with Crippen LogP contribution < -0.4 is 20.4 Å². The number of hydrogen-bond donors (Lipinski definition) is 2. The van der Waals surface area contributed by atoms with Crippen LogP contribution in [0.1, 0.15) is 26.3 Å². The van der Waals surface area contributed by atoms with Gasteiger partial charge >= 0.3 is 12.1 Å². The maximum absolute atomic E-state index is 14.4. The van der Waals surface area contributed by atoms with Crippen molar-refractivity contribution in [1.82, 2.24) is 20.1 Å². The van der Waals surface area contributed by atoms with Gasteiger partial charge in [0.1, 0.15) is 16.9 Å². The Morgan fingerprint density at radius 3 is 2.78 bits per heavy atom. The molecule has 0 atom stereocenters. The standard InChI is InChI=1S/C25H30FN7O3/c1-25(2,3)36-24(35)28-11-15-12-32(13-15)20-5-7-27-22-18(20)6-8-33(22)23(34)29-17-9-16-14-31(4)30-21(16)19(26)10-17/h5,7,9-10,14-15H,6,8,11-13H2,1-4H3,(H,28,35)(H,29,34). The summed E-state index contributed by atoms with van der Waals surface area (Å²) in [6.45, 7) is 8.13. The van der Waals surface area contributed by atoms with E-state index in [2.05, 4.69) is 25.6 Å². The fourth-order valence-electron chi connectivity index (χ4n) is 4.68. The molecule has 11 heteroatoms. The Hall–Kier alpha value is -3.89. The van der Waals surface area contributed by atoms with Crippen LogP contribution in [0.5, 0.6) is 0 Å². The summed E-state index contributed by atoms with van der Waals surface area (Å²) in [5, 5.41) is 10.3. The van der Waals surface area contributed by atoms with Crippen molar-refractivity contribution in [3.63, 3.8) is 0 Å². The van der Waals surface area contributed by atoms with E-state index < -0.39 is 17.5 Å². The van der Waals surface area contributed by atoms with Crippen molar-refractivity contribution in [3.8, 4) is 0 Å². The number of aromatic nitrogens is 3. The predicted octanol–water partition coefficient (Wildman–Crippen LogP) is 3.66. The molecule has 3 aromatic rings. The van der Waals surface area contributed by atoms with Gasteiger partial charge in [0.15, 0.2) is 5.82 Å². The van der Waals surface area contributed by atoms with E-state index in [1.165, 1.54) is 10.7 Å². The average molecular weight is 496 g/mol. The predicted molar refractivity (Wildman–Crippen MR) is 135 cm³/mol. The van der Waals surface area contributed by atoms with Crippen LogP contribution in [-0.2, 0) is 18.2 Å². The lowest BCUT2D eigenvalue weighted by Crippen LogP contribution is -2.52. The first-order valence-corrected chi connectivity index (χ1v) is 12.0. The zero-order valence-corrected chi connectivity index (χ0v) is 20.8. The molecule has 0 radical (unpaired) electrons. The lowest BCUT2D eigenvalue weighted by atomic mass is 9.98. The lowest BCUT2D eigenvalue weighted by Gasteiger charge is -2.42. The summed E-state index contributed by atoms with van der Waals surface area (Å²) in [6.07, 6.45) is 3.68. The molecule has 36 heavy (non-hydrogen) atoms. The number of nitrogens with zero attached hydrogens (tertiary/aromatic N) is 5. The Bertz CT molecular complexity index is 1330. The number of rotatable bonds is 4. The monoisotopic (exact) mass is 495 g/mol. The van der Waals surface area contributed by atoms with E-state index in [0.717, 1.165) is 24.3 Å². The number of fused-ring (bicyclic) bond motifs is 2. The Kier molecular flexibility index (Phi) is 5.93. The van der Waals surface area contributed by atoms with Crippen LogP contribution in [0, 0.1) is 11.7 Å². The topological polar surface area (TPSA) is 105 Å². The zero-order chi connectivity index (χ0) is 25.6. The van der Waals surface area contributed by atoms with Crippen molar-refractivity contribution in [1.29, 1.82) is 0 Å². The van der Waals surface area contributed by atoms with E-state index in [-0.39, 0.29) is 11.5 Å². The number of amides is 3. The molecule has 190 valence electrons. The summed E-state index contributed by atoms with van der Waals surface area (Å²) in [6, 6.07) is 4.59. The number of halogens is 1. The number of carbonyl (C=O) groups excluding carboxylic acids is 2. The van der Waals surface area contributed by atoms with Gasteiger partial charge in [-0.05, 0) is 45.4 Å². The second-order valence-corrected chi connectivity index (χ2v) is 10.3. The molecule has 2 aromatic heterocycles. The van der Waals surface area contributed by atoms with Crippen LogP contribution in [0.3, 0.4) is 0 Å². The maximum atomic E-state index is 14.4. The Morgan fingerprint density at radius 1 is 1.25 bits per heavy atom. The fourth-order valence-corrected chi connectivity index (χ4v) is 4.68. The number of aryl methyl sites for hydroxylation is 1. The number of urea groups is 1. The van der Waals surface area contributed by atoms with Crippen LogP contribution in [0.25, 0.3) is 10.9 Å². The Morgan fingerprint density at radius 2 is 2.03 bits per heavy atom. The minimum absolute atomic E-state index is 0.266. The molecule has 0 spiro atoms. The molecule has 1 saturated heterocycles. The van der Waals surface area contributed by atoms with E-state index >= 15 is 0 Å². The number of hydrogen-bond acceptors (Lipinski definition) is 6. The SMILES string of the molecule is Cn1cc2cc(NC(=O)N3CCc4c(N5CC(CNC(=O)OC(C)(C)C)C5)ccnc43)cc(F)c2n1. The average Bonchev–Trinajstić information content (AvgIpc) is 3.35. The van der Waals surface area contributed by atoms with Crippen LogP contribution in [0.4, 0.5) is 31.2 Å². The summed E-state index contributed by atoms with van der Waals surface area (Å²) in [5.74, 6) is 0.446. The molecule has 3 amide bonds. The second-order valence-electron chi connectivity index (χ2n) is 10.3.